The predicted octanol–water partition coefficient (Wildman–Crippen LogP) is 2.44. The Bertz CT molecular complexity index is 841. The number of hydrogen-bond acceptors (Lipinski definition) is 5. The molecule has 2 unspecified atom stereocenters. The van der Waals surface area contributed by atoms with Crippen LogP contribution < -0.4 is 0 Å². The summed E-state index contributed by atoms with van der Waals surface area (Å²) in [5.41, 5.74) is 1.71. The van der Waals surface area contributed by atoms with Crippen molar-refractivity contribution in [1.29, 1.82) is 0 Å². The number of aromatic nitrogens is 2. The van der Waals surface area contributed by atoms with Gasteiger partial charge < -0.3 is 15.2 Å². The number of carbonyl (C=O) groups is 2. The smallest absolute Gasteiger partial charge is 0.328 e. The lowest BCUT2D eigenvalue weighted by atomic mass is 9.83. The van der Waals surface area contributed by atoms with Crippen molar-refractivity contribution in [2.24, 2.45) is 4.99 Å². The van der Waals surface area contributed by atoms with Crippen molar-refractivity contribution in [3.8, 4) is 0 Å². The highest BCUT2D eigenvalue weighted by molar-refractivity contribution is 6.14. The number of hydrogen-bond donors (Lipinski definition) is 3. The van der Waals surface area contributed by atoms with Gasteiger partial charge in [-0.15, -0.1) is 0 Å². The molecule has 1 aliphatic carbocycles. The number of aliphatic hydroxyl groups is 1. The Morgan fingerprint density at radius 3 is 2.73 bits per heavy atom. The van der Waals surface area contributed by atoms with Crippen molar-refractivity contribution in [1.82, 2.24) is 9.97 Å². The fourth-order valence-electron chi connectivity index (χ4n) is 2.99. The SMILES string of the molecule is O=C1CC(c2ccccc2)CC(O)=C1C=NC(Cc1cnc[nH]1)C(=O)O. The van der Waals surface area contributed by atoms with Crippen molar-refractivity contribution < 1.29 is 19.8 Å². The van der Waals surface area contributed by atoms with E-state index >= 15 is 0 Å². The van der Waals surface area contributed by atoms with Gasteiger partial charge in [-0.25, -0.2) is 9.78 Å². The molecule has 0 saturated carbocycles. The maximum Gasteiger partial charge on any atom is 0.328 e. The van der Waals surface area contributed by atoms with Crippen molar-refractivity contribution in [3.05, 3.63) is 65.4 Å². The van der Waals surface area contributed by atoms with Crippen LogP contribution in [-0.4, -0.2) is 44.2 Å². The molecule has 3 N–H and O–H groups in total. The molecular formula is C19H19N3O4. The van der Waals surface area contributed by atoms with Crippen LogP contribution in [0.5, 0.6) is 0 Å². The number of carboxylic acids is 1. The van der Waals surface area contributed by atoms with E-state index in [1.165, 1.54) is 18.7 Å². The fraction of sp³-hybridized carbons (Fsp3) is 0.263. The van der Waals surface area contributed by atoms with Gasteiger partial charge in [0.25, 0.3) is 0 Å². The molecule has 1 aliphatic rings. The number of aliphatic hydroxyl groups excluding tert-OH is 1. The highest BCUT2D eigenvalue weighted by Crippen LogP contribution is 2.32. The standard InChI is InChI=1S/C19H19N3O4/c23-17-6-13(12-4-2-1-3-5-12)7-18(24)15(17)10-21-16(19(25)26)8-14-9-20-11-22-14/h1-5,9-11,13,16,23H,6-8H2,(H,20,22)(H,25,26). The average molecular weight is 353 g/mol. The van der Waals surface area contributed by atoms with Gasteiger partial charge >= 0.3 is 5.97 Å². The van der Waals surface area contributed by atoms with Crippen molar-refractivity contribution in [2.45, 2.75) is 31.2 Å². The third kappa shape index (κ3) is 4.05. The summed E-state index contributed by atoms with van der Waals surface area (Å²) in [5, 5.41) is 19.6. The van der Waals surface area contributed by atoms with Crippen LogP contribution in [0.3, 0.4) is 0 Å². The van der Waals surface area contributed by atoms with Crippen LogP contribution in [0.4, 0.5) is 0 Å². The number of imidazole rings is 1. The molecule has 2 atom stereocenters. The zero-order chi connectivity index (χ0) is 18.5. The first-order chi connectivity index (χ1) is 12.5. The molecule has 26 heavy (non-hydrogen) atoms. The van der Waals surface area contributed by atoms with Gasteiger partial charge in [0.05, 0.1) is 11.9 Å². The van der Waals surface area contributed by atoms with Gasteiger partial charge in [0.2, 0.25) is 0 Å². The van der Waals surface area contributed by atoms with Gasteiger partial charge in [-0.3, -0.25) is 9.79 Å². The third-order valence-corrected chi connectivity index (χ3v) is 4.39. The summed E-state index contributed by atoms with van der Waals surface area (Å²) < 4.78 is 0. The number of carboxylic acid groups (broad SMARTS) is 1. The summed E-state index contributed by atoms with van der Waals surface area (Å²) in [4.78, 5) is 34.5. The van der Waals surface area contributed by atoms with Crippen LogP contribution in [0.25, 0.3) is 0 Å². The number of rotatable bonds is 6. The molecule has 0 radical (unpaired) electrons. The molecule has 0 fully saturated rings. The van der Waals surface area contributed by atoms with Crippen molar-refractivity contribution in [3.63, 3.8) is 0 Å². The lowest BCUT2D eigenvalue weighted by Crippen LogP contribution is -2.23. The predicted molar refractivity (Wildman–Crippen MR) is 95.3 cm³/mol. The highest BCUT2D eigenvalue weighted by atomic mass is 16.4. The van der Waals surface area contributed by atoms with Gasteiger partial charge in [-0.2, -0.15) is 0 Å². The molecule has 0 aliphatic heterocycles. The largest absolute Gasteiger partial charge is 0.511 e. The minimum absolute atomic E-state index is 0.0514. The number of nitrogens with one attached hydrogen (secondary N) is 1. The number of aromatic amines is 1. The number of aliphatic carboxylic acids is 1. The lowest BCUT2D eigenvalue weighted by molar-refractivity contribution is -0.138. The summed E-state index contributed by atoms with van der Waals surface area (Å²) in [6.07, 6.45) is 4.89. The van der Waals surface area contributed by atoms with E-state index in [0.717, 1.165) is 5.56 Å². The zero-order valence-corrected chi connectivity index (χ0v) is 14.0. The van der Waals surface area contributed by atoms with Gasteiger partial charge in [0, 0.05) is 37.4 Å². The van der Waals surface area contributed by atoms with Gasteiger partial charge in [0.1, 0.15) is 5.76 Å². The molecule has 0 bridgehead atoms. The number of Topliss-reactive ketones (excluding diaryl/α,β-unsaturated/α-hetero) is 1. The summed E-state index contributed by atoms with van der Waals surface area (Å²) >= 11 is 0. The van der Waals surface area contributed by atoms with Crippen LogP contribution in [0, 0.1) is 0 Å². The number of allylic oxidation sites excluding steroid dienone is 2. The second-order valence-corrected chi connectivity index (χ2v) is 6.21. The van der Waals surface area contributed by atoms with Crippen LogP contribution in [0.15, 0.2) is 59.2 Å². The molecule has 3 rings (SSSR count). The van der Waals surface area contributed by atoms with E-state index in [4.69, 9.17) is 0 Å². The lowest BCUT2D eigenvalue weighted by Gasteiger charge is -2.22. The average Bonchev–Trinajstić information content (AvgIpc) is 3.13. The zero-order valence-electron chi connectivity index (χ0n) is 14.0. The number of nitrogens with zero attached hydrogens (tertiary/aromatic N) is 2. The minimum atomic E-state index is -1.11. The molecule has 7 heteroatoms. The number of ketones is 1. The van der Waals surface area contributed by atoms with E-state index in [-0.39, 0.29) is 35.9 Å². The first-order valence-electron chi connectivity index (χ1n) is 8.28. The third-order valence-electron chi connectivity index (χ3n) is 4.39. The molecule has 7 nitrogen and oxygen atoms in total. The first-order valence-corrected chi connectivity index (χ1v) is 8.28. The topological polar surface area (TPSA) is 116 Å². The summed E-state index contributed by atoms with van der Waals surface area (Å²) in [6.45, 7) is 0. The molecular weight excluding hydrogens is 334 g/mol. The number of benzene rings is 1. The highest BCUT2D eigenvalue weighted by Gasteiger charge is 2.28. The molecule has 134 valence electrons. The fourth-order valence-corrected chi connectivity index (χ4v) is 2.99. The Labute approximate surface area is 150 Å². The summed E-state index contributed by atoms with van der Waals surface area (Å²) in [7, 11) is 0. The number of aliphatic imine (C=N–C) groups is 1. The van der Waals surface area contributed by atoms with Gasteiger partial charge in [-0.05, 0) is 11.5 Å². The Kier molecular flexibility index (Phi) is 5.26. The molecule has 1 heterocycles. The Hall–Kier alpha value is -3.22. The Morgan fingerprint density at radius 1 is 1.35 bits per heavy atom. The molecule has 1 aromatic carbocycles. The molecule has 0 saturated heterocycles. The molecule has 1 aromatic heterocycles. The maximum absolute atomic E-state index is 12.4. The normalized spacial score (nSPS) is 19.1. The van der Waals surface area contributed by atoms with E-state index in [2.05, 4.69) is 15.0 Å². The number of H-pyrrole nitrogens is 1. The number of carbonyl (C=O) groups excluding carboxylic acids is 1. The van der Waals surface area contributed by atoms with E-state index in [1.807, 2.05) is 30.3 Å². The van der Waals surface area contributed by atoms with E-state index in [0.29, 0.717) is 12.1 Å². The molecule has 0 spiro atoms. The van der Waals surface area contributed by atoms with Gasteiger partial charge in [0.15, 0.2) is 11.8 Å². The summed E-state index contributed by atoms with van der Waals surface area (Å²) in [5.74, 6) is -1.48. The van der Waals surface area contributed by atoms with E-state index < -0.39 is 12.0 Å². The second kappa shape index (κ2) is 7.77. The van der Waals surface area contributed by atoms with E-state index in [9.17, 15) is 19.8 Å². The van der Waals surface area contributed by atoms with E-state index in [1.54, 1.807) is 0 Å². The molecule has 0 amide bonds. The van der Waals surface area contributed by atoms with Crippen molar-refractivity contribution in [2.75, 3.05) is 0 Å². The second-order valence-electron chi connectivity index (χ2n) is 6.21. The van der Waals surface area contributed by atoms with Crippen LogP contribution in [0.1, 0.15) is 30.0 Å². The van der Waals surface area contributed by atoms with Crippen LogP contribution >= 0.6 is 0 Å². The first kappa shape index (κ1) is 17.6. The van der Waals surface area contributed by atoms with Gasteiger partial charge in [-0.1, -0.05) is 30.3 Å². The Balaban J connectivity index is 1.76. The van der Waals surface area contributed by atoms with Crippen molar-refractivity contribution >= 4 is 18.0 Å². The quantitative estimate of drug-likeness (QED) is 0.690. The monoisotopic (exact) mass is 353 g/mol. The molecule has 2 aromatic rings. The Morgan fingerprint density at radius 2 is 2.12 bits per heavy atom. The van der Waals surface area contributed by atoms with Crippen LogP contribution in [0.2, 0.25) is 0 Å². The summed E-state index contributed by atoms with van der Waals surface area (Å²) in [6, 6.07) is 8.47. The maximum atomic E-state index is 12.4. The van der Waals surface area contributed by atoms with Crippen LogP contribution in [-0.2, 0) is 16.0 Å². The minimum Gasteiger partial charge on any atom is -0.511 e.